The fourth-order valence-corrected chi connectivity index (χ4v) is 2.88. The number of hydrogen-bond acceptors (Lipinski definition) is 7. The van der Waals surface area contributed by atoms with E-state index in [0.29, 0.717) is 17.1 Å². The highest BCUT2D eigenvalue weighted by Crippen LogP contribution is 2.25. The number of aliphatic imine (C=N–C) groups is 1. The van der Waals surface area contributed by atoms with E-state index >= 15 is 0 Å². The van der Waals surface area contributed by atoms with Crippen molar-refractivity contribution in [3.63, 3.8) is 0 Å². The number of nitrogens with zero attached hydrogens (tertiary/aromatic N) is 1. The molecule has 0 bridgehead atoms. The Hall–Kier alpha value is -2.67. The summed E-state index contributed by atoms with van der Waals surface area (Å²) in [4.78, 5) is 29.6. The molecule has 2 aromatic rings. The van der Waals surface area contributed by atoms with Crippen LogP contribution in [0.4, 0.5) is 0 Å². The molecule has 0 aliphatic carbocycles. The van der Waals surface area contributed by atoms with E-state index in [1.807, 2.05) is 19.1 Å². The van der Waals surface area contributed by atoms with Gasteiger partial charge in [-0.3, -0.25) is 0 Å². The molecule has 3 heterocycles. The van der Waals surface area contributed by atoms with Crippen LogP contribution in [0, 0.1) is 13.8 Å². The summed E-state index contributed by atoms with van der Waals surface area (Å²) in [5, 5.41) is 0. The minimum atomic E-state index is -0.556. The van der Waals surface area contributed by atoms with Crippen LogP contribution in [0.3, 0.4) is 0 Å². The highest BCUT2D eigenvalue weighted by molar-refractivity contribution is 7.14. The van der Waals surface area contributed by atoms with E-state index in [2.05, 4.69) is 9.73 Å². The van der Waals surface area contributed by atoms with Crippen molar-refractivity contribution in [2.24, 2.45) is 4.99 Å². The third-order valence-corrected chi connectivity index (χ3v) is 4.18. The minimum absolute atomic E-state index is 0.121. The maximum Gasteiger partial charge on any atom is 0.363 e. The second-order valence-corrected chi connectivity index (χ2v) is 6.14. The Morgan fingerprint density at radius 2 is 2.13 bits per heavy atom. The van der Waals surface area contributed by atoms with E-state index in [9.17, 15) is 9.59 Å². The lowest BCUT2D eigenvalue weighted by Gasteiger charge is -1.93. The van der Waals surface area contributed by atoms with Gasteiger partial charge in [0, 0.05) is 11.0 Å². The largest absolute Gasteiger partial charge is 0.465 e. The molecule has 0 saturated carbocycles. The van der Waals surface area contributed by atoms with Gasteiger partial charge in [-0.05, 0) is 32.0 Å². The summed E-state index contributed by atoms with van der Waals surface area (Å²) in [6.07, 6.45) is 1.44. The summed E-state index contributed by atoms with van der Waals surface area (Å²) in [5.41, 5.74) is 0.431. The van der Waals surface area contributed by atoms with Gasteiger partial charge in [0.25, 0.3) is 0 Å². The average molecular weight is 331 g/mol. The number of esters is 2. The molecule has 0 fully saturated rings. The quantitative estimate of drug-likeness (QED) is 0.638. The molecule has 0 atom stereocenters. The second-order valence-electron chi connectivity index (χ2n) is 4.86. The summed E-state index contributed by atoms with van der Waals surface area (Å²) in [7, 11) is 1.29. The maximum absolute atomic E-state index is 11.9. The normalized spacial score (nSPS) is 15.7. The number of carbonyl (C=O) groups excluding carboxylic acids is 2. The van der Waals surface area contributed by atoms with E-state index < -0.39 is 11.9 Å². The highest BCUT2D eigenvalue weighted by atomic mass is 32.1. The summed E-state index contributed by atoms with van der Waals surface area (Å²) in [6.45, 7) is 3.60. The summed E-state index contributed by atoms with van der Waals surface area (Å²) < 4.78 is 15.3. The van der Waals surface area contributed by atoms with Crippen LogP contribution in [0.5, 0.6) is 0 Å². The number of hydrogen-bond donors (Lipinski definition) is 0. The monoisotopic (exact) mass is 331 g/mol. The first-order chi connectivity index (χ1) is 11.0. The van der Waals surface area contributed by atoms with E-state index in [1.54, 1.807) is 6.92 Å². The van der Waals surface area contributed by atoms with Gasteiger partial charge in [-0.25, -0.2) is 14.6 Å². The number of ether oxygens (including phenoxy) is 2. The molecule has 1 aliphatic rings. The third kappa shape index (κ3) is 2.95. The van der Waals surface area contributed by atoms with Crippen LogP contribution < -0.4 is 0 Å². The maximum atomic E-state index is 11.9. The molecule has 1 aliphatic heterocycles. The molecule has 0 spiro atoms. The zero-order chi connectivity index (χ0) is 16.6. The standard InChI is InChI=1S/C16H13NO5S/c1-8-4-5-13(23-8)14-17-12(16(19)22-14)7-10-6-11(9(2)21-10)15(18)20-3/h4-7H,1-3H3/b12-7+. The lowest BCUT2D eigenvalue weighted by atomic mass is 10.2. The molecular formula is C16H13NO5S. The lowest BCUT2D eigenvalue weighted by molar-refractivity contribution is -0.129. The molecule has 7 heteroatoms. The average Bonchev–Trinajstić information content (AvgIpc) is 3.19. The SMILES string of the molecule is COC(=O)c1cc(/C=C2/N=C(c3ccc(C)s3)OC2=O)oc1C. The molecule has 0 saturated heterocycles. The molecule has 118 valence electrons. The van der Waals surface area contributed by atoms with E-state index in [-0.39, 0.29) is 11.6 Å². The van der Waals surface area contributed by atoms with Crippen LogP contribution in [0.2, 0.25) is 0 Å². The molecule has 0 aromatic carbocycles. The predicted molar refractivity (Wildman–Crippen MR) is 84.4 cm³/mol. The Labute approximate surface area is 136 Å². The Bertz CT molecular complexity index is 856. The van der Waals surface area contributed by atoms with Crippen molar-refractivity contribution < 1.29 is 23.5 Å². The van der Waals surface area contributed by atoms with Gasteiger partial charge in [0.05, 0.1) is 12.0 Å². The Morgan fingerprint density at radius 1 is 1.35 bits per heavy atom. The summed E-state index contributed by atoms with van der Waals surface area (Å²) in [6, 6.07) is 5.28. The molecule has 0 N–H and O–H groups in total. The van der Waals surface area contributed by atoms with Gasteiger partial charge >= 0.3 is 11.9 Å². The van der Waals surface area contributed by atoms with E-state index in [0.717, 1.165) is 9.75 Å². The van der Waals surface area contributed by atoms with Gasteiger partial charge in [-0.15, -0.1) is 11.3 Å². The van der Waals surface area contributed by atoms with Crippen LogP contribution in [-0.2, 0) is 14.3 Å². The zero-order valence-electron chi connectivity index (χ0n) is 12.7. The van der Waals surface area contributed by atoms with E-state index in [1.165, 1.54) is 30.6 Å². The van der Waals surface area contributed by atoms with Crippen molar-refractivity contribution in [3.05, 3.63) is 50.7 Å². The minimum Gasteiger partial charge on any atom is -0.465 e. The van der Waals surface area contributed by atoms with Gasteiger partial charge in [-0.2, -0.15) is 0 Å². The van der Waals surface area contributed by atoms with Crippen molar-refractivity contribution in [2.75, 3.05) is 7.11 Å². The van der Waals surface area contributed by atoms with Gasteiger partial charge in [-0.1, -0.05) is 0 Å². The third-order valence-electron chi connectivity index (χ3n) is 3.19. The second kappa shape index (κ2) is 5.85. The van der Waals surface area contributed by atoms with Crippen LogP contribution in [0.1, 0.15) is 31.6 Å². The Kier molecular flexibility index (Phi) is 3.87. The molecule has 23 heavy (non-hydrogen) atoms. The van der Waals surface area contributed by atoms with Crippen LogP contribution in [-0.4, -0.2) is 24.9 Å². The zero-order valence-corrected chi connectivity index (χ0v) is 13.5. The van der Waals surface area contributed by atoms with Gasteiger partial charge in [0.15, 0.2) is 5.70 Å². The Balaban J connectivity index is 1.92. The summed E-state index contributed by atoms with van der Waals surface area (Å²) in [5.74, 6) is -0.0333. The molecule has 2 aromatic heterocycles. The molecule has 6 nitrogen and oxygen atoms in total. The topological polar surface area (TPSA) is 78.1 Å². The highest BCUT2D eigenvalue weighted by Gasteiger charge is 2.26. The fourth-order valence-electron chi connectivity index (χ4n) is 2.09. The fraction of sp³-hybridized carbons (Fsp3) is 0.188. The smallest absolute Gasteiger partial charge is 0.363 e. The van der Waals surface area contributed by atoms with Crippen LogP contribution >= 0.6 is 11.3 Å². The molecule has 0 radical (unpaired) electrons. The molecular weight excluding hydrogens is 318 g/mol. The molecule has 3 rings (SSSR count). The molecule has 0 unspecified atom stereocenters. The van der Waals surface area contributed by atoms with E-state index in [4.69, 9.17) is 9.15 Å². The van der Waals surface area contributed by atoms with Crippen LogP contribution in [0.25, 0.3) is 6.08 Å². The number of carbonyl (C=O) groups is 2. The van der Waals surface area contributed by atoms with Crippen LogP contribution in [0.15, 0.2) is 33.3 Å². The van der Waals surface area contributed by atoms with Gasteiger partial charge < -0.3 is 13.9 Å². The number of rotatable bonds is 3. The van der Waals surface area contributed by atoms with Gasteiger partial charge in [0.1, 0.15) is 17.1 Å². The van der Waals surface area contributed by atoms with Gasteiger partial charge in [0.2, 0.25) is 5.90 Å². The number of thiophene rings is 1. The first kappa shape index (κ1) is 15.2. The predicted octanol–water partition coefficient (Wildman–Crippen LogP) is 3.09. The van der Waals surface area contributed by atoms with Crippen molar-refractivity contribution >= 4 is 35.2 Å². The number of cyclic esters (lactones) is 1. The molecule has 0 amide bonds. The lowest BCUT2D eigenvalue weighted by Crippen LogP contribution is -2.03. The van der Waals surface area contributed by atoms with Crippen molar-refractivity contribution in [2.45, 2.75) is 13.8 Å². The first-order valence-corrected chi connectivity index (χ1v) is 7.57. The van der Waals surface area contributed by atoms with Crippen molar-refractivity contribution in [1.29, 1.82) is 0 Å². The number of aryl methyl sites for hydroxylation is 2. The van der Waals surface area contributed by atoms with Crippen molar-refractivity contribution in [3.8, 4) is 0 Å². The first-order valence-electron chi connectivity index (χ1n) is 6.76. The van der Waals surface area contributed by atoms with Crippen molar-refractivity contribution in [1.82, 2.24) is 0 Å². The number of furan rings is 1. The summed E-state index contributed by atoms with van der Waals surface area (Å²) >= 11 is 1.49. The Morgan fingerprint density at radius 3 is 2.78 bits per heavy atom. The number of methoxy groups -OCH3 is 1.